The molecule has 0 saturated carbocycles. The van der Waals surface area contributed by atoms with E-state index in [0.717, 1.165) is 0 Å². The van der Waals surface area contributed by atoms with Crippen LogP contribution in [-0.2, 0) is 18.9 Å². The third kappa shape index (κ3) is 3.75. The van der Waals surface area contributed by atoms with Crippen LogP contribution in [0.5, 0.6) is 11.5 Å². The summed E-state index contributed by atoms with van der Waals surface area (Å²) in [5.74, 6) is 1.59. The van der Waals surface area contributed by atoms with Crippen molar-refractivity contribution in [2.24, 2.45) is 0 Å². The number of carbonyl (C=O) groups excluding carboxylic acids is 1. The molecule has 7 nitrogen and oxygen atoms in total. The van der Waals surface area contributed by atoms with Crippen LogP contribution in [-0.4, -0.2) is 44.8 Å². The van der Waals surface area contributed by atoms with Crippen molar-refractivity contribution in [2.45, 2.75) is 12.2 Å². The van der Waals surface area contributed by atoms with Gasteiger partial charge in [-0.25, -0.2) is 4.79 Å². The average Bonchev–Trinajstić information content (AvgIpc) is 3.12. The Morgan fingerprint density at radius 3 is 2.23 bits per heavy atom. The second-order valence-corrected chi connectivity index (χ2v) is 4.82. The maximum absolute atomic E-state index is 10.8. The molecule has 2 aliphatic heterocycles. The van der Waals surface area contributed by atoms with Gasteiger partial charge >= 0.3 is 6.16 Å². The number of rotatable bonds is 6. The molecule has 2 atom stereocenters. The van der Waals surface area contributed by atoms with Crippen molar-refractivity contribution in [3.63, 3.8) is 0 Å². The van der Waals surface area contributed by atoms with E-state index in [-0.39, 0.29) is 25.4 Å². The topological polar surface area (TPSA) is 72.5 Å². The monoisotopic (exact) mass is 308 g/mol. The van der Waals surface area contributed by atoms with Gasteiger partial charge in [-0.3, -0.25) is 0 Å². The van der Waals surface area contributed by atoms with Crippen molar-refractivity contribution >= 4 is 6.16 Å². The van der Waals surface area contributed by atoms with Gasteiger partial charge in [0.25, 0.3) is 5.95 Å². The molecule has 3 rings (SSSR count). The second kappa shape index (κ2) is 6.46. The van der Waals surface area contributed by atoms with Crippen LogP contribution in [0.2, 0.25) is 0 Å². The first-order chi connectivity index (χ1) is 10.7. The van der Waals surface area contributed by atoms with Gasteiger partial charge in [0.15, 0.2) is 12.2 Å². The van der Waals surface area contributed by atoms with E-state index < -0.39 is 6.16 Å². The normalized spacial score (nSPS) is 23.3. The minimum absolute atomic E-state index is 0.160. The summed E-state index contributed by atoms with van der Waals surface area (Å²) in [5.41, 5.74) is 0. The number of carbonyl (C=O) groups is 1. The minimum atomic E-state index is -0.661. The first-order valence-electron chi connectivity index (χ1n) is 6.86. The number of cyclic esters (lactones) is 2. The van der Waals surface area contributed by atoms with Gasteiger partial charge < -0.3 is 28.4 Å². The third-order valence-electron chi connectivity index (χ3n) is 3.06. The molecule has 0 aliphatic carbocycles. The van der Waals surface area contributed by atoms with Gasteiger partial charge in [0.1, 0.15) is 37.9 Å². The molecular weight excluding hydrogens is 292 g/mol. The second-order valence-electron chi connectivity index (χ2n) is 4.82. The standard InChI is InChI=1S/C15H16O7/c1-10-17-6-13(21-10)7-18-11-3-2-4-12(5-11)19-8-14-9-20-15(16)22-14/h2-5,13-14H,1,6-9H2. The molecule has 1 aromatic rings. The van der Waals surface area contributed by atoms with E-state index in [1.165, 1.54) is 0 Å². The van der Waals surface area contributed by atoms with E-state index in [1.807, 2.05) is 12.1 Å². The molecule has 2 unspecified atom stereocenters. The van der Waals surface area contributed by atoms with Gasteiger partial charge in [0, 0.05) is 6.07 Å². The lowest BCUT2D eigenvalue weighted by Gasteiger charge is -2.12. The van der Waals surface area contributed by atoms with E-state index in [4.69, 9.17) is 23.7 Å². The molecule has 7 heteroatoms. The van der Waals surface area contributed by atoms with Crippen LogP contribution in [0.25, 0.3) is 0 Å². The van der Waals surface area contributed by atoms with Gasteiger partial charge in [0.2, 0.25) is 0 Å². The Labute approximate surface area is 127 Å². The minimum Gasteiger partial charge on any atom is -0.489 e. The molecule has 2 saturated heterocycles. The fourth-order valence-corrected chi connectivity index (χ4v) is 2.00. The number of hydrogen-bond acceptors (Lipinski definition) is 7. The van der Waals surface area contributed by atoms with Crippen molar-refractivity contribution in [3.8, 4) is 11.5 Å². The Kier molecular flexibility index (Phi) is 4.22. The molecule has 2 aliphatic rings. The Morgan fingerprint density at radius 1 is 1.05 bits per heavy atom. The molecule has 0 N–H and O–H groups in total. The molecule has 2 fully saturated rings. The van der Waals surface area contributed by atoms with Crippen LogP contribution in [0, 0.1) is 0 Å². The Morgan fingerprint density at radius 2 is 1.68 bits per heavy atom. The summed E-state index contributed by atoms with van der Waals surface area (Å²) in [4.78, 5) is 10.8. The van der Waals surface area contributed by atoms with E-state index in [0.29, 0.717) is 30.7 Å². The maximum Gasteiger partial charge on any atom is 0.508 e. The van der Waals surface area contributed by atoms with Crippen LogP contribution in [0.4, 0.5) is 4.79 Å². The van der Waals surface area contributed by atoms with Crippen molar-refractivity contribution in [3.05, 3.63) is 36.8 Å². The van der Waals surface area contributed by atoms with Crippen LogP contribution in [0.3, 0.4) is 0 Å². The molecule has 0 spiro atoms. The quantitative estimate of drug-likeness (QED) is 0.743. The number of benzene rings is 1. The highest BCUT2D eigenvalue weighted by atomic mass is 16.8. The lowest BCUT2D eigenvalue weighted by molar-refractivity contribution is 0.0975. The van der Waals surface area contributed by atoms with Crippen molar-refractivity contribution in [1.29, 1.82) is 0 Å². The molecule has 118 valence electrons. The molecular formula is C15H16O7. The predicted octanol–water partition coefficient (Wildman–Crippen LogP) is 1.87. The highest BCUT2D eigenvalue weighted by Gasteiger charge is 2.25. The van der Waals surface area contributed by atoms with Gasteiger partial charge in [-0.1, -0.05) is 6.07 Å². The fraction of sp³-hybridized carbons (Fsp3) is 0.400. The van der Waals surface area contributed by atoms with E-state index >= 15 is 0 Å². The highest BCUT2D eigenvalue weighted by Crippen LogP contribution is 2.21. The molecule has 22 heavy (non-hydrogen) atoms. The van der Waals surface area contributed by atoms with Crippen LogP contribution < -0.4 is 9.47 Å². The van der Waals surface area contributed by atoms with Gasteiger partial charge in [-0.05, 0) is 18.7 Å². The summed E-state index contributed by atoms with van der Waals surface area (Å²) >= 11 is 0. The largest absolute Gasteiger partial charge is 0.508 e. The van der Waals surface area contributed by atoms with Crippen LogP contribution in [0.15, 0.2) is 36.8 Å². The first kappa shape index (κ1) is 14.4. The van der Waals surface area contributed by atoms with Gasteiger partial charge in [0.05, 0.1) is 0 Å². The zero-order valence-electron chi connectivity index (χ0n) is 11.9. The Bertz CT molecular complexity index is 511. The summed E-state index contributed by atoms with van der Waals surface area (Å²) in [6.07, 6.45) is -1.20. The Balaban J connectivity index is 1.47. The molecule has 0 amide bonds. The van der Waals surface area contributed by atoms with Crippen LogP contribution >= 0.6 is 0 Å². The van der Waals surface area contributed by atoms with Crippen molar-refractivity contribution < 1.29 is 33.2 Å². The lowest BCUT2D eigenvalue weighted by Crippen LogP contribution is -2.20. The number of hydrogen-bond donors (Lipinski definition) is 0. The maximum atomic E-state index is 10.8. The first-order valence-corrected chi connectivity index (χ1v) is 6.86. The summed E-state index contributed by atoms with van der Waals surface area (Å²) in [6.45, 7) is 4.80. The lowest BCUT2D eigenvalue weighted by atomic mass is 10.3. The SMILES string of the molecule is C=C1OCC(COc2cccc(OCC3COC(=O)O3)c2)O1. The van der Waals surface area contributed by atoms with E-state index in [2.05, 4.69) is 11.3 Å². The summed E-state index contributed by atoms with van der Waals surface area (Å²) in [6, 6.07) is 7.17. The van der Waals surface area contributed by atoms with Gasteiger partial charge in [-0.15, -0.1) is 0 Å². The Hall–Kier alpha value is -2.57. The van der Waals surface area contributed by atoms with Crippen molar-refractivity contribution in [1.82, 2.24) is 0 Å². The zero-order valence-corrected chi connectivity index (χ0v) is 11.9. The molecule has 1 aromatic carbocycles. The van der Waals surface area contributed by atoms with E-state index in [9.17, 15) is 4.79 Å². The molecule has 0 bridgehead atoms. The predicted molar refractivity (Wildman–Crippen MR) is 73.6 cm³/mol. The summed E-state index contributed by atoms with van der Waals surface area (Å²) < 4.78 is 31.2. The zero-order chi connectivity index (χ0) is 15.4. The third-order valence-corrected chi connectivity index (χ3v) is 3.06. The van der Waals surface area contributed by atoms with Crippen LogP contribution in [0.1, 0.15) is 0 Å². The molecule has 0 aromatic heterocycles. The summed E-state index contributed by atoms with van der Waals surface area (Å²) in [7, 11) is 0. The number of ether oxygens (including phenoxy) is 6. The highest BCUT2D eigenvalue weighted by molar-refractivity contribution is 5.61. The molecule has 0 radical (unpaired) electrons. The van der Waals surface area contributed by atoms with E-state index in [1.54, 1.807) is 12.1 Å². The fourth-order valence-electron chi connectivity index (χ4n) is 2.00. The average molecular weight is 308 g/mol. The molecule has 2 heterocycles. The summed E-state index contributed by atoms with van der Waals surface area (Å²) in [5, 5.41) is 0. The van der Waals surface area contributed by atoms with Crippen molar-refractivity contribution in [2.75, 3.05) is 26.4 Å². The van der Waals surface area contributed by atoms with Gasteiger partial charge in [-0.2, -0.15) is 0 Å². The smallest absolute Gasteiger partial charge is 0.489 e.